The Balaban J connectivity index is 1.74. The molecular weight excluding hydrogens is 384 g/mol. The number of benzene rings is 1. The Morgan fingerprint density at radius 3 is 2.63 bits per heavy atom. The third kappa shape index (κ3) is 6.48. The number of carboxylic acid groups (broad SMARTS) is 1. The van der Waals surface area contributed by atoms with Crippen LogP contribution in [0.5, 0.6) is 0 Å². The fourth-order valence-corrected chi connectivity index (χ4v) is 3.81. The SMILES string of the molecule is CC(NC(=O)CCCCCN1C(=O)/C(=C/c2ccccc2)SC1=S)C(=O)O. The molecule has 2 N–H and O–H groups in total. The van der Waals surface area contributed by atoms with E-state index in [1.807, 2.05) is 36.4 Å². The van der Waals surface area contributed by atoms with Crippen LogP contribution in [0.3, 0.4) is 0 Å². The van der Waals surface area contributed by atoms with Crippen LogP contribution in [0.15, 0.2) is 35.2 Å². The molecule has 1 aromatic carbocycles. The second-order valence-electron chi connectivity index (χ2n) is 6.18. The van der Waals surface area contributed by atoms with Crippen molar-refractivity contribution in [2.24, 2.45) is 0 Å². The molecule has 2 rings (SSSR count). The maximum absolute atomic E-state index is 12.5. The van der Waals surface area contributed by atoms with E-state index in [4.69, 9.17) is 17.3 Å². The molecule has 0 aromatic heterocycles. The van der Waals surface area contributed by atoms with Gasteiger partial charge in [-0.3, -0.25) is 19.3 Å². The van der Waals surface area contributed by atoms with Gasteiger partial charge in [0.15, 0.2) is 0 Å². The first-order valence-corrected chi connectivity index (χ1v) is 9.93. The van der Waals surface area contributed by atoms with Crippen molar-refractivity contribution in [2.45, 2.75) is 38.6 Å². The Kier molecular flexibility index (Phi) is 7.99. The first kappa shape index (κ1) is 21.1. The number of amides is 2. The number of rotatable bonds is 9. The van der Waals surface area contributed by atoms with E-state index in [1.54, 1.807) is 4.90 Å². The van der Waals surface area contributed by atoms with Gasteiger partial charge in [-0.1, -0.05) is 60.7 Å². The highest BCUT2D eigenvalue weighted by Crippen LogP contribution is 2.32. The van der Waals surface area contributed by atoms with Gasteiger partial charge in [0.1, 0.15) is 10.4 Å². The van der Waals surface area contributed by atoms with Crippen LogP contribution in [-0.2, 0) is 14.4 Å². The van der Waals surface area contributed by atoms with Crippen LogP contribution in [0.4, 0.5) is 0 Å². The molecule has 1 atom stereocenters. The number of thiocarbonyl (C=S) groups is 1. The molecule has 8 heteroatoms. The minimum atomic E-state index is -1.05. The summed E-state index contributed by atoms with van der Waals surface area (Å²) in [6.07, 6.45) is 4.22. The van der Waals surface area contributed by atoms with E-state index < -0.39 is 12.0 Å². The number of carboxylic acids is 1. The fourth-order valence-electron chi connectivity index (χ4n) is 2.50. The number of carbonyl (C=O) groups excluding carboxylic acids is 2. The van der Waals surface area contributed by atoms with Crippen LogP contribution < -0.4 is 5.32 Å². The van der Waals surface area contributed by atoms with Crippen molar-refractivity contribution in [3.05, 3.63) is 40.8 Å². The topological polar surface area (TPSA) is 86.7 Å². The summed E-state index contributed by atoms with van der Waals surface area (Å²) in [7, 11) is 0. The van der Waals surface area contributed by atoms with E-state index >= 15 is 0 Å². The van der Waals surface area contributed by atoms with Gasteiger partial charge in [0.2, 0.25) is 5.91 Å². The number of nitrogens with one attached hydrogen (secondary N) is 1. The molecule has 1 heterocycles. The first-order valence-electron chi connectivity index (χ1n) is 8.71. The fraction of sp³-hybridized carbons (Fsp3) is 0.368. The van der Waals surface area contributed by atoms with Crippen molar-refractivity contribution < 1.29 is 19.5 Å². The second-order valence-corrected chi connectivity index (χ2v) is 7.86. The van der Waals surface area contributed by atoms with Crippen LogP contribution in [0, 0.1) is 0 Å². The molecule has 6 nitrogen and oxygen atoms in total. The molecule has 0 aliphatic carbocycles. The minimum Gasteiger partial charge on any atom is -0.480 e. The summed E-state index contributed by atoms with van der Waals surface area (Å²) in [5, 5.41) is 11.2. The molecule has 1 fully saturated rings. The molecule has 0 radical (unpaired) electrons. The number of thioether (sulfide) groups is 1. The normalized spacial score (nSPS) is 16.6. The van der Waals surface area contributed by atoms with E-state index in [2.05, 4.69) is 5.32 Å². The van der Waals surface area contributed by atoms with E-state index in [-0.39, 0.29) is 18.2 Å². The van der Waals surface area contributed by atoms with Gasteiger partial charge < -0.3 is 10.4 Å². The van der Waals surface area contributed by atoms with Gasteiger partial charge >= 0.3 is 5.97 Å². The molecule has 1 saturated heterocycles. The zero-order valence-electron chi connectivity index (χ0n) is 15.0. The highest BCUT2D eigenvalue weighted by atomic mass is 32.2. The Hall–Kier alpha value is -2.19. The number of hydrogen-bond acceptors (Lipinski definition) is 5. The number of aliphatic carboxylic acids is 1. The summed E-state index contributed by atoms with van der Waals surface area (Å²) in [5.41, 5.74) is 0.958. The third-order valence-electron chi connectivity index (χ3n) is 4.00. The molecule has 2 amide bonds. The lowest BCUT2D eigenvalue weighted by Crippen LogP contribution is -2.38. The largest absolute Gasteiger partial charge is 0.480 e. The molecular formula is C19H22N2O4S2. The summed E-state index contributed by atoms with van der Waals surface area (Å²) >= 11 is 6.61. The number of carbonyl (C=O) groups is 3. The van der Waals surface area contributed by atoms with Crippen molar-refractivity contribution in [2.75, 3.05) is 6.54 Å². The van der Waals surface area contributed by atoms with Crippen LogP contribution in [-0.4, -0.2) is 44.7 Å². The van der Waals surface area contributed by atoms with E-state index in [9.17, 15) is 14.4 Å². The Labute approximate surface area is 168 Å². The number of nitrogens with zero attached hydrogens (tertiary/aromatic N) is 1. The quantitative estimate of drug-likeness (QED) is 0.372. The summed E-state index contributed by atoms with van der Waals surface area (Å²) in [4.78, 5) is 37.0. The van der Waals surface area contributed by atoms with E-state index in [1.165, 1.54) is 18.7 Å². The molecule has 1 unspecified atom stereocenters. The van der Waals surface area contributed by atoms with Crippen molar-refractivity contribution in [1.29, 1.82) is 0 Å². The van der Waals surface area contributed by atoms with Gasteiger partial charge in [-0.05, 0) is 31.4 Å². The van der Waals surface area contributed by atoms with Gasteiger partial charge in [0.05, 0.1) is 4.91 Å². The molecule has 0 saturated carbocycles. The Bertz CT molecular complexity index is 749. The highest BCUT2D eigenvalue weighted by molar-refractivity contribution is 8.26. The Morgan fingerprint density at radius 2 is 1.96 bits per heavy atom. The summed E-state index contributed by atoms with van der Waals surface area (Å²) in [6.45, 7) is 1.95. The molecule has 1 aliphatic rings. The van der Waals surface area contributed by atoms with Crippen molar-refractivity contribution in [1.82, 2.24) is 10.2 Å². The van der Waals surface area contributed by atoms with Crippen LogP contribution in [0.1, 0.15) is 38.2 Å². The minimum absolute atomic E-state index is 0.0816. The maximum Gasteiger partial charge on any atom is 0.325 e. The lowest BCUT2D eigenvalue weighted by Gasteiger charge is -2.14. The second kappa shape index (κ2) is 10.2. The summed E-state index contributed by atoms with van der Waals surface area (Å²) in [6, 6.07) is 8.74. The van der Waals surface area contributed by atoms with Crippen LogP contribution in [0.25, 0.3) is 6.08 Å². The van der Waals surface area contributed by atoms with E-state index in [0.29, 0.717) is 22.2 Å². The monoisotopic (exact) mass is 406 g/mol. The van der Waals surface area contributed by atoms with Gasteiger partial charge in [0, 0.05) is 13.0 Å². The molecule has 27 heavy (non-hydrogen) atoms. The Morgan fingerprint density at radius 1 is 1.26 bits per heavy atom. The molecule has 0 bridgehead atoms. The predicted molar refractivity (Wildman–Crippen MR) is 110 cm³/mol. The smallest absolute Gasteiger partial charge is 0.325 e. The van der Waals surface area contributed by atoms with E-state index in [0.717, 1.165) is 18.4 Å². The van der Waals surface area contributed by atoms with Gasteiger partial charge in [-0.15, -0.1) is 0 Å². The average Bonchev–Trinajstić information content (AvgIpc) is 2.89. The standard InChI is InChI=1S/C19H22N2O4S2/c1-13(18(24)25)20-16(22)10-6-3-7-11-21-17(23)15(27-19(21)26)12-14-8-4-2-5-9-14/h2,4-5,8-9,12-13H,3,6-7,10-11H2,1H3,(H,20,22)(H,24,25)/b15-12-. The maximum atomic E-state index is 12.5. The lowest BCUT2D eigenvalue weighted by molar-refractivity contribution is -0.141. The zero-order valence-corrected chi connectivity index (χ0v) is 16.6. The highest BCUT2D eigenvalue weighted by Gasteiger charge is 2.31. The summed E-state index contributed by atoms with van der Waals surface area (Å²) in [5.74, 6) is -1.41. The number of hydrogen-bond donors (Lipinski definition) is 2. The van der Waals surface area contributed by atoms with Crippen molar-refractivity contribution in [3.63, 3.8) is 0 Å². The molecule has 0 spiro atoms. The summed E-state index contributed by atoms with van der Waals surface area (Å²) < 4.78 is 0.551. The number of unbranched alkanes of at least 4 members (excludes halogenated alkanes) is 2. The van der Waals surface area contributed by atoms with Gasteiger partial charge in [-0.2, -0.15) is 0 Å². The molecule has 1 aliphatic heterocycles. The predicted octanol–water partition coefficient (Wildman–Crippen LogP) is 3.04. The average molecular weight is 407 g/mol. The first-order chi connectivity index (χ1) is 12.9. The van der Waals surface area contributed by atoms with Crippen LogP contribution in [0.2, 0.25) is 0 Å². The van der Waals surface area contributed by atoms with Gasteiger partial charge in [0.25, 0.3) is 5.91 Å². The van der Waals surface area contributed by atoms with Crippen LogP contribution >= 0.6 is 24.0 Å². The third-order valence-corrected chi connectivity index (χ3v) is 5.38. The zero-order chi connectivity index (χ0) is 19.8. The lowest BCUT2D eigenvalue weighted by atomic mass is 10.1. The van der Waals surface area contributed by atoms with Crippen molar-refractivity contribution in [3.8, 4) is 0 Å². The molecule has 1 aromatic rings. The van der Waals surface area contributed by atoms with Crippen molar-refractivity contribution >= 4 is 52.2 Å². The molecule has 144 valence electrons. The van der Waals surface area contributed by atoms with Gasteiger partial charge in [-0.25, -0.2) is 0 Å².